The summed E-state index contributed by atoms with van der Waals surface area (Å²) in [6, 6.07) is 3.53. The Labute approximate surface area is 100 Å². The van der Waals surface area contributed by atoms with E-state index in [0.717, 1.165) is 11.3 Å². The molecule has 0 radical (unpaired) electrons. The van der Waals surface area contributed by atoms with E-state index >= 15 is 0 Å². The number of aromatic nitrogens is 2. The van der Waals surface area contributed by atoms with Crippen LogP contribution in [0.25, 0.3) is 0 Å². The lowest BCUT2D eigenvalue weighted by Crippen LogP contribution is -2.21. The third-order valence-electron chi connectivity index (χ3n) is 2.86. The molecule has 2 N–H and O–H groups in total. The quantitative estimate of drug-likeness (QED) is 0.816. The number of aryl methyl sites for hydroxylation is 1. The first kappa shape index (κ1) is 11.9. The van der Waals surface area contributed by atoms with Crippen molar-refractivity contribution in [2.45, 2.75) is 19.6 Å². The number of aliphatic hydroxyl groups is 1. The molecule has 0 fully saturated rings. The highest BCUT2D eigenvalue weighted by Gasteiger charge is 2.10. The summed E-state index contributed by atoms with van der Waals surface area (Å²) in [6.07, 6.45) is 2.78. The highest BCUT2D eigenvalue weighted by molar-refractivity contribution is 5.15. The van der Waals surface area contributed by atoms with Gasteiger partial charge in [0, 0.05) is 31.4 Å². The molecule has 92 valence electrons. The highest BCUT2D eigenvalue weighted by atomic mass is 16.4. The van der Waals surface area contributed by atoms with Crippen LogP contribution in [0.4, 0.5) is 0 Å². The fourth-order valence-corrected chi connectivity index (χ4v) is 1.64. The average molecular weight is 235 g/mol. The van der Waals surface area contributed by atoms with E-state index in [1.807, 2.05) is 24.9 Å². The zero-order valence-electron chi connectivity index (χ0n) is 10.1. The zero-order chi connectivity index (χ0) is 12.3. The van der Waals surface area contributed by atoms with Crippen molar-refractivity contribution in [3.05, 3.63) is 41.6 Å². The minimum Gasteiger partial charge on any atom is -0.467 e. The third kappa shape index (κ3) is 2.75. The molecule has 2 aromatic rings. The lowest BCUT2D eigenvalue weighted by Gasteiger charge is -2.09. The van der Waals surface area contributed by atoms with E-state index in [0.29, 0.717) is 18.8 Å². The molecular formula is C12H17N3O2. The second kappa shape index (κ2) is 5.16. The number of rotatable bonds is 5. The van der Waals surface area contributed by atoms with Crippen LogP contribution < -0.4 is 5.32 Å². The van der Waals surface area contributed by atoms with Crippen molar-refractivity contribution in [3.8, 4) is 0 Å². The van der Waals surface area contributed by atoms with Gasteiger partial charge in [-0.2, -0.15) is 5.10 Å². The summed E-state index contributed by atoms with van der Waals surface area (Å²) >= 11 is 0. The Morgan fingerprint density at radius 3 is 3.00 bits per heavy atom. The molecule has 0 aliphatic rings. The molecule has 0 saturated carbocycles. The standard InChI is InChI=1S/C12H17N3O2/c1-9-10(7-14-15(9)2)6-13-8-11(16)12-4-3-5-17-12/h3-5,7,11,13,16H,6,8H2,1-2H3. The van der Waals surface area contributed by atoms with Crippen LogP contribution in [0.5, 0.6) is 0 Å². The maximum absolute atomic E-state index is 9.78. The van der Waals surface area contributed by atoms with Gasteiger partial charge in [0.1, 0.15) is 11.9 Å². The van der Waals surface area contributed by atoms with Crippen LogP contribution >= 0.6 is 0 Å². The molecule has 17 heavy (non-hydrogen) atoms. The molecule has 0 spiro atoms. The highest BCUT2D eigenvalue weighted by Crippen LogP contribution is 2.12. The summed E-state index contributed by atoms with van der Waals surface area (Å²) in [5.41, 5.74) is 2.27. The Kier molecular flexibility index (Phi) is 3.61. The second-order valence-corrected chi connectivity index (χ2v) is 4.04. The Hall–Kier alpha value is -1.59. The summed E-state index contributed by atoms with van der Waals surface area (Å²) in [6.45, 7) is 3.17. The van der Waals surface area contributed by atoms with Gasteiger partial charge in [-0.1, -0.05) is 0 Å². The SMILES string of the molecule is Cc1c(CNCC(O)c2ccco2)cnn1C. The molecule has 1 unspecified atom stereocenters. The predicted molar refractivity (Wildman–Crippen MR) is 63.3 cm³/mol. The number of hydrogen-bond donors (Lipinski definition) is 2. The first-order valence-corrected chi connectivity index (χ1v) is 5.58. The van der Waals surface area contributed by atoms with E-state index in [9.17, 15) is 5.11 Å². The van der Waals surface area contributed by atoms with E-state index in [2.05, 4.69) is 10.4 Å². The number of nitrogens with one attached hydrogen (secondary N) is 1. The van der Waals surface area contributed by atoms with Gasteiger partial charge < -0.3 is 14.8 Å². The van der Waals surface area contributed by atoms with Gasteiger partial charge in [-0.05, 0) is 19.1 Å². The zero-order valence-corrected chi connectivity index (χ0v) is 10.1. The average Bonchev–Trinajstić information content (AvgIpc) is 2.93. The van der Waals surface area contributed by atoms with E-state index in [-0.39, 0.29) is 0 Å². The van der Waals surface area contributed by atoms with Gasteiger partial charge >= 0.3 is 0 Å². The van der Waals surface area contributed by atoms with E-state index in [1.54, 1.807) is 18.4 Å². The van der Waals surface area contributed by atoms with Gasteiger partial charge in [-0.15, -0.1) is 0 Å². The van der Waals surface area contributed by atoms with Gasteiger partial charge in [-0.25, -0.2) is 0 Å². The van der Waals surface area contributed by atoms with Crippen LogP contribution in [0.2, 0.25) is 0 Å². The lowest BCUT2D eigenvalue weighted by atomic mass is 10.2. The van der Waals surface area contributed by atoms with Crippen LogP contribution in [0.15, 0.2) is 29.0 Å². The van der Waals surface area contributed by atoms with Crippen LogP contribution in [-0.2, 0) is 13.6 Å². The first-order valence-electron chi connectivity index (χ1n) is 5.58. The molecule has 0 aliphatic carbocycles. The third-order valence-corrected chi connectivity index (χ3v) is 2.86. The molecule has 0 saturated heterocycles. The van der Waals surface area contributed by atoms with Crippen molar-refractivity contribution < 1.29 is 9.52 Å². The fourth-order valence-electron chi connectivity index (χ4n) is 1.64. The van der Waals surface area contributed by atoms with Crippen molar-refractivity contribution in [1.82, 2.24) is 15.1 Å². The summed E-state index contributed by atoms with van der Waals surface area (Å²) in [5, 5.41) is 17.1. The van der Waals surface area contributed by atoms with Crippen molar-refractivity contribution in [2.75, 3.05) is 6.54 Å². The molecule has 2 heterocycles. The molecule has 1 atom stereocenters. The largest absolute Gasteiger partial charge is 0.467 e. The van der Waals surface area contributed by atoms with Crippen LogP contribution in [-0.4, -0.2) is 21.4 Å². The van der Waals surface area contributed by atoms with Crippen LogP contribution in [0, 0.1) is 6.92 Å². The minimum atomic E-state index is -0.609. The molecule has 0 bridgehead atoms. The van der Waals surface area contributed by atoms with Crippen LogP contribution in [0.3, 0.4) is 0 Å². The van der Waals surface area contributed by atoms with Crippen molar-refractivity contribution in [1.29, 1.82) is 0 Å². The molecule has 2 aromatic heterocycles. The number of hydrogen-bond acceptors (Lipinski definition) is 4. The molecule has 2 rings (SSSR count). The number of furan rings is 1. The Morgan fingerprint density at radius 1 is 1.59 bits per heavy atom. The topological polar surface area (TPSA) is 63.2 Å². The second-order valence-electron chi connectivity index (χ2n) is 4.04. The summed E-state index contributed by atoms with van der Waals surface area (Å²) in [5.74, 6) is 0.584. The minimum absolute atomic E-state index is 0.460. The molecule has 5 nitrogen and oxygen atoms in total. The first-order chi connectivity index (χ1) is 8.18. The Morgan fingerprint density at radius 2 is 2.41 bits per heavy atom. The Balaban J connectivity index is 1.82. The van der Waals surface area contributed by atoms with Crippen molar-refractivity contribution >= 4 is 0 Å². The molecule has 0 aromatic carbocycles. The van der Waals surface area contributed by atoms with E-state index in [4.69, 9.17) is 4.42 Å². The number of aliphatic hydroxyl groups excluding tert-OH is 1. The lowest BCUT2D eigenvalue weighted by molar-refractivity contribution is 0.147. The monoisotopic (exact) mass is 235 g/mol. The molecule has 0 amide bonds. The molecular weight excluding hydrogens is 218 g/mol. The number of nitrogens with zero attached hydrogens (tertiary/aromatic N) is 2. The predicted octanol–water partition coefficient (Wildman–Crippen LogP) is 1.14. The summed E-state index contributed by atoms with van der Waals surface area (Å²) in [7, 11) is 1.91. The fraction of sp³-hybridized carbons (Fsp3) is 0.417. The smallest absolute Gasteiger partial charge is 0.133 e. The maximum Gasteiger partial charge on any atom is 0.133 e. The molecule has 5 heteroatoms. The van der Waals surface area contributed by atoms with Crippen LogP contribution in [0.1, 0.15) is 23.1 Å². The van der Waals surface area contributed by atoms with Gasteiger partial charge in [0.05, 0.1) is 12.5 Å². The maximum atomic E-state index is 9.78. The normalized spacial score (nSPS) is 12.9. The van der Waals surface area contributed by atoms with Gasteiger partial charge in [0.25, 0.3) is 0 Å². The molecule has 0 aliphatic heterocycles. The van der Waals surface area contributed by atoms with E-state index in [1.165, 1.54) is 0 Å². The van der Waals surface area contributed by atoms with Gasteiger partial charge in [0.2, 0.25) is 0 Å². The van der Waals surface area contributed by atoms with Gasteiger partial charge in [0.15, 0.2) is 0 Å². The van der Waals surface area contributed by atoms with Crippen molar-refractivity contribution in [3.63, 3.8) is 0 Å². The van der Waals surface area contributed by atoms with Crippen molar-refractivity contribution in [2.24, 2.45) is 7.05 Å². The summed E-state index contributed by atoms with van der Waals surface area (Å²) < 4.78 is 6.95. The van der Waals surface area contributed by atoms with Gasteiger partial charge in [-0.3, -0.25) is 4.68 Å². The Bertz CT molecular complexity index is 462. The summed E-state index contributed by atoms with van der Waals surface area (Å²) in [4.78, 5) is 0. The van der Waals surface area contributed by atoms with E-state index < -0.39 is 6.10 Å².